The first-order valence-electron chi connectivity index (χ1n) is 19.7. The van der Waals surface area contributed by atoms with Crippen molar-refractivity contribution in [3.8, 4) is 0 Å². The van der Waals surface area contributed by atoms with Crippen molar-refractivity contribution in [2.45, 2.75) is 157 Å². The molecule has 0 bridgehead atoms. The van der Waals surface area contributed by atoms with E-state index in [0.29, 0.717) is 5.57 Å². The average Bonchev–Trinajstić information content (AvgIpc) is 3.62. The van der Waals surface area contributed by atoms with Gasteiger partial charge in [-0.2, -0.15) is 0 Å². The molecular formula is C39H54O20. The molecule has 0 radical (unpaired) electrons. The Bertz CT molecular complexity index is 1780. The van der Waals surface area contributed by atoms with Gasteiger partial charge < -0.3 is 69.6 Å². The van der Waals surface area contributed by atoms with Crippen LogP contribution in [0.3, 0.4) is 0 Å². The van der Waals surface area contributed by atoms with Gasteiger partial charge in [0, 0.05) is 44.1 Å². The van der Waals surface area contributed by atoms with Crippen LogP contribution in [-0.2, 0) is 52.5 Å². The Morgan fingerprint density at radius 1 is 0.898 bits per heavy atom. The lowest BCUT2D eigenvalue weighted by molar-refractivity contribution is -0.386. The normalized spacial score (nSPS) is 45.8. The summed E-state index contributed by atoms with van der Waals surface area (Å²) in [6.07, 6.45) is -16.4. The topological polar surface area (TPSA) is 331 Å². The molecule has 6 rings (SSSR count). The summed E-state index contributed by atoms with van der Waals surface area (Å²) >= 11 is 0. The number of hydrogen-bond acceptors (Lipinski definition) is 17. The quantitative estimate of drug-likeness (QED) is 0.0657. The predicted molar refractivity (Wildman–Crippen MR) is 191 cm³/mol. The maximum atomic E-state index is 13.1. The van der Waals surface area contributed by atoms with E-state index in [2.05, 4.69) is 0 Å². The van der Waals surface area contributed by atoms with Gasteiger partial charge in [0.1, 0.15) is 12.7 Å². The molecule has 20 nitrogen and oxygen atoms in total. The van der Waals surface area contributed by atoms with Crippen LogP contribution < -0.4 is 0 Å². The molecule has 2 heterocycles. The second kappa shape index (κ2) is 15.3. The second-order valence-corrected chi connectivity index (χ2v) is 17.9. The Labute approximate surface area is 338 Å². The lowest BCUT2D eigenvalue weighted by Gasteiger charge is -2.74. The number of carboxylic acids is 3. The number of ether oxygens (including phenoxy) is 5. The second-order valence-electron chi connectivity index (χ2n) is 17.9. The Morgan fingerprint density at radius 3 is 2.08 bits per heavy atom. The average molecular weight is 843 g/mol. The molecule has 6 aliphatic rings. The third-order valence-corrected chi connectivity index (χ3v) is 14.5. The van der Waals surface area contributed by atoms with Gasteiger partial charge in [0.2, 0.25) is 0 Å². The molecule has 0 spiro atoms. The van der Waals surface area contributed by atoms with Gasteiger partial charge in [0.05, 0.1) is 65.4 Å². The Morgan fingerprint density at radius 2 is 1.53 bits per heavy atom. The number of aliphatic hydroxyl groups is 6. The highest BCUT2D eigenvalue weighted by Gasteiger charge is 2.83. The number of cyclic esters (lactones) is 1. The molecule has 0 aromatic heterocycles. The first-order valence-corrected chi connectivity index (χ1v) is 19.7. The third-order valence-electron chi connectivity index (χ3n) is 14.5. The summed E-state index contributed by atoms with van der Waals surface area (Å²) in [6.45, 7) is 5.04. The van der Waals surface area contributed by atoms with E-state index in [4.69, 9.17) is 23.7 Å². The van der Waals surface area contributed by atoms with E-state index in [9.17, 15) is 74.7 Å². The van der Waals surface area contributed by atoms with Crippen LogP contribution in [0.5, 0.6) is 0 Å². The number of carbonyl (C=O) groups excluding carboxylic acids is 3. The summed E-state index contributed by atoms with van der Waals surface area (Å²) in [6, 6.07) is 0. The lowest BCUT2D eigenvalue weighted by atomic mass is 9.33. The highest BCUT2D eigenvalue weighted by Crippen LogP contribution is 2.76. The summed E-state index contributed by atoms with van der Waals surface area (Å²) in [5, 5.41) is 107. The molecule has 0 aromatic carbocycles. The first-order chi connectivity index (χ1) is 27.3. The van der Waals surface area contributed by atoms with Crippen molar-refractivity contribution < 1.29 is 98.4 Å². The highest BCUT2D eigenvalue weighted by molar-refractivity contribution is 5.85. The summed E-state index contributed by atoms with van der Waals surface area (Å²) in [4.78, 5) is 74.1. The summed E-state index contributed by atoms with van der Waals surface area (Å²) < 4.78 is 27.7. The lowest BCUT2D eigenvalue weighted by Crippen LogP contribution is -2.83. The Balaban J connectivity index is 1.50. The van der Waals surface area contributed by atoms with Gasteiger partial charge in [0.15, 0.2) is 18.5 Å². The molecule has 5 fully saturated rings. The molecule has 20 heteroatoms. The SMILES string of the molecule is CC(=O)O[C@@H]1[C@@H](OC(C)=O)[C@@H](O)[C@H](O[C@H]2C[C@](O)(CC(=O)O)[C@]3(C(O)CC(=O)O)[C@@H]4[C@@H](CC[C@]3(O)C2)[C@@]2(O)CC[C@H](C3=CC(=O)OC3)[C@@]2(C)C[C@]4(O)CC(=O)O)O[C@H]1C. The molecule has 0 amide bonds. The van der Waals surface area contributed by atoms with E-state index < -0.39 is 175 Å². The van der Waals surface area contributed by atoms with E-state index in [1.165, 1.54) is 13.0 Å². The van der Waals surface area contributed by atoms with Crippen molar-refractivity contribution in [2.24, 2.45) is 28.6 Å². The monoisotopic (exact) mass is 842 g/mol. The number of fused-ring (bicyclic) bond motifs is 5. The van der Waals surface area contributed by atoms with Crippen LogP contribution in [0.2, 0.25) is 0 Å². The van der Waals surface area contributed by atoms with E-state index in [-0.39, 0.29) is 25.9 Å². The standard InChI is InChI=1S/C39H54O20/c1-17-30(57-18(2)40)31(58-19(3)41)29(50)33(56-17)59-21-11-36(52)7-5-23-32(39(36,24(42)10-25(43)44)37(53,12-21)14-27(47)48)35(51,13-26(45)46)16-34(4)22(6-8-38(23,34)54)20-9-28(49)55-15-20/h9,17,21-24,29-33,42,50-54H,5-8,10-16H2,1-4H3,(H,43,44)(H,45,46)(H,47,48)/t17-,21+,22+,23+,24?,29+,30-,31-,32+,33-,34+,35+,36-,37-,38-,39+/m0/s1. The fraction of sp³-hybridized carbons (Fsp3) is 0.795. The minimum Gasteiger partial charge on any atom is -0.481 e. The number of rotatable bonds is 12. The van der Waals surface area contributed by atoms with E-state index in [1.54, 1.807) is 6.92 Å². The highest BCUT2D eigenvalue weighted by atomic mass is 16.7. The number of carbonyl (C=O) groups is 6. The molecule has 16 atom stereocenters. The maximum absolute atomic E-state index is 13.1. The van der Waals surface area contributed by atoms with Gasteiger partial charge >= 0.3 is 35.8 Å². The van der Waals surface area contributed by atoms with E-state index in [1.807, 2.05) is 0 Å². The Kier molecular flexibility index (Phi) is 11.6. The van der Waals surface area contributed by atoms with Crippen molar-refractivity contribution in [3.63, 3.8) is 0 Å². The molecule has 59 heavy (non-hydrogen) atoms. The fourth-order valence-corrected chi connectivity index (χ4v) is 12.9. The van der Waals surface area contributed by atoms with Crippen molar-refractivity contribution in [1.82, 2.24) is 0 Å². The van der Waals surface area contributed by atoms with E-state index in [0.717, 1.165) is 13.8 Å². The molecule has 9 N–H and O–H groups in total. The number of hydrogen-bond donors (Lipinski definition) is 9. The fourth-order valence-electron chi connectivity index (χ4n) is 12.9. The minimum atomic E-state index is -2.96. The van der Waals surface area contributed by atoms with Gasteiger partial charge in [-0.3, -0.25) is 24.0 Å². The zero-order valence-corrected chi connectivity index (χ0v) is 33.1. The molecule has 1 unspecified atom stereocenters. The van der Waals surface area contributed by atoms with Crippen LogP contribution in [0.1, 0.15) is 91.9 Å². The molecule has 2 aliphatic heterocycles. The van der Waals surface area contributed by atoms with Crippen molar-refractivity contribution in [2.75, 3.05) is 6.61 Å². The zero-order chi connectivity index (χ0) is 43.8. The molecule has 0 aromatic rings. The van der Waals surface area contributed by atoms with Crippen molar-refractivity contribution >= 4 is 35.8 Å². The molecule has 330 valence electrons. The minimum absolute atomic E-state index is 0.0103. The summed E-state index contributed by atoms with van der Waals surface area (Å²) in [5.74, 6) is -11.0. The zero-order valence-electron chi connectivity index (χ0n) is 33.1. The summed E-state index contributed by atoms with van der Waals surface area (Å²) in [5.41, 5.74) is -13.7. The molecular weight excluding hydrogens is 788 g/mol. The summed E-state index contributed by atoms with van der Waals surface area (Å²) in [7, 11) is 0. The number of esters is 3. The Hall–Kier alpha value is -3.76. The smallest absolute Gasteiger partial charge is 0.331 e. The number of aliphatic carboxylic acids is 3. The van der Waals surface area contributed by atoms with Gasteiger partial charge in [0.25, 0.3) is 0 Å². The third kappa shape index (κ3) is 7.11. The van der Waals surface area contributed by atoms with Gasteiger partial charge in [-0.15, -0.1) is 0 Å². The maximum Gasteiger partial charge on any atom is 0.331 e. The van der Waals surface area contributed by atoms with Crippen LogP contribution >= 0.6 is 0 Å². The predicted octanol–water partition coefficient (Wildman–Crippen LogP) is -0.840. The molecule has 1 saturated heterocycles. The largest absolute Gasteiger partial charge is 0.481 e. The van der Waals surface area contributed by atoms with Crippen LogP contribution in [0.15, 0.2) is 11.6 Å². The van der Waals surface area contributed by atoms with Crippen molar-refractivity contribution in [3.05, 3.63) is 11.6 Å². The number of aliphatic hydroxyl groups excluding tert-OH is 2. The van der Waals surface area contributed by atoms with Crippen LogP contribution in [0.25, 0.3) is 0 Å². The van der Waals surface area contributed by atoms with Crippen LogP contribution in [0.4, 0.5) is 0 Å². The van der Waals surface area contributed by atoms with Gasteiger partial charge in [-0.25, -0.2) is 4.79 Å². The van der Waals surface area contributed by atoms with Crippen LogP contribution in [0, 0.1) is 28.6 Å². The van der Waals surface area contributed by atoms with Crippen LogP contribution in [-0.4, -0.2) is 154 Å². The van der Waals surface area contributed by atoms with Gasteiger partial charge in [-0.05, 0) is 56.4 Å². The molecule has 4 saturated carbocycles. The van der Waals surface area contributed by atoms with Gasteiger partial charge in [-0.1, -0.05) is 6.92 Å². The number of carboxylic acid groups (broad SMARTS) is 3. The molecule has 4 aliphatic carbocycles. The van der Waals surface area contributed by atoms with Crippen molar-refractivity contribution in [1.29, 1.82) is 0 Å². The first kappa shape index (κ1) is 44.8. The van der Waals surface area contributed by atoms with E-state index >= 15 is 0 Å².